The van der Waals surface area contributed by atoms with Crippen LogP contribution in [0.5, 0.6) is 0 Å². The summed E-state index contributed by atoms with van der Waals surface area (Å²) >= 11 is 0. The number of carbonyl (C=O) groups excluding carboxylic acids is 1. The van der Waals surface area contributed by atoms with Crippen molar-refractivity contribution >= 4 is 17.3 Å². The number of benzene rings is 2. The van der Waals surface area contributed by atoms with Crippen molar-refractivity contribution in [3.8, 4) is 0 Å². The second-order valence-corrected chi connectivity index (χ2v) is 9.04. The van der Waals surface area contributed by atoms with E-state index in [-0.39, 0.29) is 12.0 Å². The molecule has 2 aromatic carbocycles. The van der Waals surface area contributed by atoms with Crippen LogP contribution in [-0.4, -0.2) is 69.5 Å². The number of nitrogens with one attached hydrogen (secondary N) is 1. The lowest BCUT2D eigenvalue weighted by Crippen LogP contribution is -2.47. The van der Waals surface area contributed by atoms with Crippen LogP contribution in [-0.2, 0) is 9.47 Å². The van der Waals surface area contributed by atoms with Crippen LogP contribution in [0.1, 0.15) is 34.3 Å². The molecule has 0 spiro atoms. The smallest absolute Gasteiger partial charge is 0.255 e. The Kier molecular flexibility index (Phi) is 7.45. The Morgan fingerprint density at radius 1 is 1.09 bits per heavy atom. The van der Waals surface area contributed by atoms with E-state index < -0.39 is 0 Å². The molecular formula is C26H35N3O3. The number of anilines is 2. The third-order valence-electron chi connectivity index (χ3n) is 6.58. The predicted molar refractivity (Wildman–Crippen MR) is 129 cm³/mol. The molecule has 1 N–H and O–H groups in total. The highest BCUT2D eigenvalue weighted by atomic mass is 16.6. The van der Waals surface area contributed by atoms with Gasteiger partial charge in [-0.2, -0.15) is 0 Å². The summed E-state index contributed by atoms with van der Waals surface area (Å²) in [5.74, 6) is -0.0635. The van der Waals surface area contributed by atoms with E-state index in [0.717, 1.165) is 54.9 Å². The number of aryl methyl sites for hydroxylation is 2. The molecule has 2 heterocycles. The van der Waals surface area contributed by atoms with Crippen LogP contribution in [0.25, 0.3) is 0 Å². The van der Waals surface area contributed by atoms with Crippen LogP contribution in [0.3, 0.4) is 0 Å². The summed E-state index contributed by atoms with van der Waals surface area (Å²) < 4.78 is 11.3. The summed E-state index contributed by atoms with van der Waals surface area (Å²) in [6.07, 6.45) is 2.46. The quantitative estimate of drug-likeness (QED) is 0.744. The first-order valence-corrected chi connectivity index (χ1v) is 11.6. The zero-order valence-electron chi connectivity index (χ0n) is 19.5. The van der Waals surface area contributed by atoms with E-state index in [9.17, 15) is 4.79 Å². The maximum Gasteiger partial charge on any atom is 0.255 e. The third kappa shape index (κ3) is 5.68. The molecule has 2 fully saturated rings. The van der Waals surface area contributed by atoms with E-state index in [1.165, 1.54) is 5.69 Å². The number of likely N-dealkylation sites (N-methyl/N-ethyl adjacent to an activating group) is 1. The number of rotatable bonds is 6. The fourth-order valence-corrected chi connectivity index (χ4v) is 4.70. The molecule has 0 unspecified atom stereocenters. The number of piperidine rings is 1. The Labute approximate surface area is 191 Å². The van der Waals surface area contributed by atoms with Crippen LogP contribution >= 0.6 is 0 Å². The van der Waals surface area contributed by atoms with Gasteiger partial charge in [-0.15, -0.1) is 0 Å². The zero-order valence-corrected chi connectivity index (χ0v) is 19.5. The molecule has 0 radical (unpaired) electrons. The number of amides is 1. The molecule has 1 atom stereocenters. The van der Waals surface area contributed by atoms with Gasteiger partial charge in [-0.1, -0.05) is 17.7 Å². The molecule has 4 rings (SSSR count). The zero-order chi connectivity index (χ0) is 22.5. The number of carbonyl (C=O) groups is 1. The summed E-state index contributed by atoms with van der Waals surface area (Å²) in [6.45, 7) is 9.13. The molecule has 6 heteroatoms. The van der Waals surface area contributed by atoms with Crippen LogP contribution in [0.2, 0.25) is 0 Å². The predicted octanol–water partition coefficient (Wildman–Crippen LogP) is 3.87. The van der Waals surface area contributed by atoms with Crippen molar-refractivity contribution < 1.29 is 14.3 Å². The van der Waals surface area contributed by atoms with E-state index in [0.29, 0.717) is 25.9 Å². The molecule has 0 saturated carbocycles. The van der Waals surface area contributed by atoms with Crippen molar-refractivity contribution in [1.82, 2.24) is 4.90 Å². The first-order valence-electron chi connectivity index (χ1n) is 11.6. The SMILES string of the molecule is Cc1ccc(C(=O)Nc2ccc(N3CCC(N(C)C[C@H]4COCCO4)CC3)cc2)c(C)c1. The van der Waals surface area contributed by atoms with E-state index in [4.69, 9.17) is 9.47 Å². The molecular weight excluding hydrogens is 402 g/mol. The van der Waals surface area contributed by atoms with Gasteiger partial charge in [0.2, 0.25) is 0 Å². The Balaban J connectivity index is 1.27. The van der Waals surface area contributed by atoms with Gasteiger partial charge in [-0.25, -0.2) is 0 Å². The lowest BCUT2D eigenvalue weighted by atomic mass is 10.0. The molecule has 0 bridgehead atoms. The Morgan fingerprint density at radius 2 is 1.84 bits per heavy atom. The minimum absolute atomic E-state index is 0.0635. The van der Waals surface area contributed by atoms with Gasteiger partial charge in [0.15, 0.2) is 0 Å². The minimum Gasteiger partial charge on any atom is -0.376 e. The highest BCUT2D eigenvalue weighted by Gasteiger charge is 2.25. The molecule has 0 aliphatic carbocycles. The molecule has 0 aromatic heterocycles. The second kappa shape index (κ2) is 10.5. The van der Waals surface area contributed by atoms with Crippen molar-refractivity contribution in [2.75, 3.05) is 56.7 Å². The summed E-state index contributed by atoms with van der Waals surface area (Å²) in [7, 11) is 2.20. The Hall–Kier alpha value is -2.41. The van der Waals surface area contributed by atoms with Crippen molar-refractivity contribution in [3.63, 3.8) is 0 Å². The maximum absolute atomic E-state index is 12.6. The highest BCUT2D eigenvalue weighted by molar-refractivity contribution is 6.05. The molecule has 2 aliphatic heterocycles. The van der Waals surface area contributed by atoms with Crippen molar-refractivity contribution in [2.45, 2.75) is 38.8 Å². The average Bonchev–Trinajstić information content (AvgIpc) is 2.80. The molecule has 2 aliphatic rings. The third-order valence-corrected chi connectivity index (χ3v) is 6.58. The summed E-state index contributed by atoms with van der Waals surface area (Å²) in [4.78, 5) is 17.5. The van der Waals surface area contributed by atoms with E-state index in [1.54, 1.807) is 0 Å². The van der Waals surface area contributed by atoms with Gasteiger partial charge < -0.3 is 24.6 Å². The fraction of sp³-hybridized carbons (Fsp3) is 0.500. The monoisotopic (exact) mass is 437 g/mol. The molecule has 2 saturated heterocycles. The second-order valence-electron chi connectivity index (χ2n) is 9.04. The van der Waals surface area contributed by atoms with Gasteiger partial charge in [0.1, 0.15) is 0 Å². The molecule has 2 aromatic rings. The number of hydrogen-bond donors (Lipinski definition) is 1. The number of nitrogens with zero attached hydrogens (tertiary/aromatic N) is 2. The van der Waals surface area contributed by atoms with Crippen LogP contribution in [0, 0.1) is 13.8 Å². The van der Waals surface area contributed by atoms with Gasteiger partial charge in [0, 0.05) is 42.6 Å². The van der Waals surface area contributed by atoms with Crippen LogP contribution in [0.4, 0.5) is 11.4 Å². The highest BCUT2D eigenvalue weighted by Crippen LogP contribution is 2.24. The van der Waals surface area contributed by atoms with Gasteiger partial charge in [-0.3, -0.25) is 4.79 Å². The molecule has 172 valence electrons. The molecule has 1 amide bonds. The minimum atomic E-state index is -0.0635. The van der Waals surface area contributed by atoms with Crippen molar-refractivity contribution in [3.05, 3.63) is 59.2 Å². The molecule has 6 nitrogen and oxygen atoms in total. The number of hydrogen-bond acceptors (Lipinski definition) is 5. The van der Waals surface area contributed by atoms with E-state index in [2.05, 4.69) is 34.3 Å². The first-order chi connectivity index (χ1) is 15.5. The summed E-state index contributed by atoms with van der Waals surface area (Å²) in [5, 5.41) is 3.02. The summed E-state index contributed by atoms with van der Waals surface area (Å²) in [5.41, 5.74) is 4.91. The lowest BCUT2D eigenvalue weighted by molar-refractivity contribution is -0.0989. The molecule has 32 heavy (non-hydrogen) atoms. The standard InChI is InChI=1S/C26H35N3O3/c1-19-4-9-25(20(2)16-19)26(30)27-21-5-7-23(8-6-21)29-12-10-22(11-13-29)28(3)17-24-18-31-14-15-32-24/h4-9,16,22,24H,10-15,17-18H2,1-3H3,(H,27,30)/t24-/m0/s1. The fourth-order valence-electron chi connectivity index (χ4n) is 4.70. The van der Waals surface area contributed by atoms with E-state index >= 15 is 0 Å². The van der Waals surface area contributed by atoms with Gasteiger partial charge in [0.05, 0.1) is 25.9 Å². The average molecular weight is 438 g/mol. The van der Waals surface area contributed by atoms with E-state index in [1.807, 2.05) is 44.2 Å². The Morgan fingerprint density at radius 3 is 2.50 bits per heavy atom. The van der Waals surface area contributed by atoms with Gasteiger partial charge in [-0.05, 0) is 69.6 Å². The first kappa shape index (κ1) is 22.8. The van der Waals surface area contributed by atoms with Gasteiger partial charge >= 0.3 is 0 Å². The number of ether oxygens (including phenoxy) is 2. The van der Waals surface area contributed by atoms with Crippen LogP contribution in [0.15, 0.2) is 42.5 Å². The topological polar surface area (TPSA) is 54.0 Å². The normalized spacial score (nSPS) is 19.9. The lowest BCUT2D eigenvalue weighted by Gasteiger charge is -2.39. The Bertz CT molecular complexity index is 901. The van der Waals surface area contributed by atoms with Crippen molar-refractivity contribution in [1.29, 1.82) is 0 Å². The summed E-state index contributed by atoms with van der Waals surface area (Å²) in [6, 6.07) is 14.7. The largest absolute Gasteiger partial charge is 0.376 e. The van der Waals surface area contributed by atoms with Crippen LogP contribution < -0.4 is 10.2 Å². The van der Waals surface area contributed by atoms with Gasteiger partial charge in [0.25, 0.3) is 5.91 Å². The maximum atomic E-state index is 12.6. The van der Waals surface area contributed by atoms with Crippen molar-refractivity contribution in [2.24, 2.45) is 0 Å².